The van der Waals surface area contributed by atoms with E-state index in [-0.39, 0.29) is 22.0 Å². The van der Waals surface area contributed by atoms with Crippen LogP contribution in [0.15, 0.2) is 23.1 Å². The van der Waals surface area contributed by atoms with Crippen molar-refractivity contribution in [3.05, 3.63) is 29.3 Å². The van der Waals surface area contributed by atoms with Crippen LogP contribution in [0, 0.1) is 0 Å². The molecule has 0 saturated heterocycles. The fraction of sp³-hybridized carbons (Fsp3) is 0.759. The summed E-state index contributed by atoms with van der Waals surface area (Å²) in [6, 6.07) is 7.24. The molecule has 34 heavy (non-hydrogen) atoms. The predicted molar refractivity (Wildman–Crippen MR) is 154 cm³/mol. The summed E-state index contributed by atoms with van der Waals surface area (Å²) in [5, 5.41) is 4.26. The molecule has 1 saturated carbocycles. The molecular formula is C29H50N2OS2. The quantitative estimate of drug-likeness (QED) is 0.362. The largest absolute Gasteiger partial charge is 0.354 e. The Hall–Kier alpha value is -0.650. The minimum absolute atomic E-state index is 0.00560. The molecule has 194 valence electrons. The van der Waals surface area contributed by atoms with Crippen LogP contribution in [-0.4, -0.2) is 52.7 Å². The lowest BCUT2D eigenvalue weighted by molar-refractivity contribution is -0.120. The van der Waals surface area contributed by atoms with Crippen molar-refractivity contribution >= 4 is 29.4 Å². The molecule has 5 heteroatoms. The number of likely N-dealkylation sites (N-methyl/N-ethyl adjacent to an activating group) is 1. The van der Waals surface area contributed by atoms with Crippen LogP contribution in [0.4, 0.5) is 0 Å². The van der Waals surface area contributed by atoms with Crippen molar-refractivity contribution in [1.29, 1.82) is 0 Å². The molecule has 1 aromatic carbocycles. The van der Waals surface area contributed by atoms with E-state index in [0.29, 0.717) is 10.5 Å². The number of rotatable bonds is 10. The number of nitrogens with one attached hydrogen (secondary N) is 1. The van der Waals surface area contributed by atoms with E-state index in [1.165, 1.54) is 41.7 Å². The summed E-state index contributed by atoms with van der Waals surface area (Å²) in [4.78, 5) is 16.5. The molecule has 3 nitrogen and oxygen atoms in total. The van der Waals surface area contributed by atoms with Gasteiger partial charge in [-0.3, -0.25) is 4.79 Å². The molecule has 1 N–H and O–H groups in total. The van der Waals surface area contributed by atoms with E-state index >= 15 is 0 Å². The molecule has 0 aromatic heterocycles. The summed E-state index contributed by atoms with van der Waals surface area (Å²) in [7, 11) is 0. The summed E-state index contributed by atoms with van der Waals surface area (Å²) < 4.78 is 0. The Morgan fingerprint density at radius 3 is 2.00 bits per heavy atom. The summed E-state index contributed by atoms with van der Waals surface area (Å²) >= 11 is 3.95. The van der Waals surface area contributed by atoms with E-state index in [4.69, 9.17) is 0 Å². The third-order valence-corrected chi connectivity index (χ3v) is 10.0. The number of carbonyl (C=O) groups is 1. The number of hydrogen-bond donors (Lipinski definition) is 1. The molecule has 2 rings (SSSR count). The van der Waals surface area contributed by atoms with E-state index in [9.17, 15) is 4.79 Å². The highest BCUT2D eigenvalue weighted by molar-refractivity contribution is 8.04. The molecule has 0 radical (unpaired) electrons. The molecule has 1 aromatic rings. The summed E-state index contributed by atoms with van der Waals surface area (Å²) in [5.74, 6) is 0.191. The zero-order valence-corrected chi connectivity index (χ0v) is 24.9. The first kappa shape index (κ1) is 29.6. The van der Waals surface area contributed by atoms with Gasteiger partial charge in [-0.2, -0.15) is 0 Å². The number of nitrogens with zero attached hydrogens (tertiary/aromatic N) is 1. The Labute approximate surface area is 219 Å². The maximum absolute atomic E-state index is 12.8. The summed E-state index contributed by atoms with van der Waals surface area (Å²) in [6.45, 7) is 24.0. The maximum atomic E-state index is 12.8. The third kappa shape index (κ3) is 9.09. The predicted octanol–water partition coefficient (Wildman–Crippen LogP) is 7.26. The third-order valence-electron chi connectivity index (χ3n) is 6.94. The highest BCUT2D eigenvalue weighted by Crippen LogP contribution is 2.42. The fourth-order valence-electron chi connectivity index (χ4n) is 4.41. The van der Waals surface area contributed by atoms with Crippen molar-refractivity contribution in [3.8, 4) is 0 Å². The molecule has 1 amide bonds. The molecular weight excluding hydrogens is 456 g/mol. The van der Waals surface area contributed by atoms with E-state index in [2.05, 4.69) is 102 Å². The minimum Gasteiger partial charge on any atom is -0.354 e. The van der Waals surface area contributed by atoms with Gasteiger partial charge in [0, 0.05) is 28.5 Å². The average Bonchev–Trinajstić information content (AvgIpc) is 2.76. The van der Waals surface area contributed by atoms with Crippen LogP contribution in [0.1, 0.15) is 99.1 Å². The van der Waals surface area contributed by atoms with Gasteiger partial charge in [-0.1, -0.05) is 74.3 Å². The van der Waals surface area contributed by atoms with Gasteiger partial charge in [-0.05, 0) is 66.9 Å². The van der Waals surface area contributed by atoms with E-state index < -0.39 is 0 Å². The minimum atomic E-state index is -0.00560. The normalized spacial score (nSPS) is 20.4. The first-order valence-electron chi connectivity index (χ1n) is 13.3. The van der Waals surface area contributed by atoms with Crippen molar-refractivity contribution in [2.75, 3.05) is 26.2 Å². The van der Waals surface area contributed by atoms with Gasteiger partial charge in [0.05, 0.1) is 5.25 Å². The smallest absolute Gasteiger partial charge is 0.232 e. The van der Waals surface area contributed by atoms with Crippen LogP contribution in [0.3, 0.4) is 0 Å². The standard InChI is InChI=1S/C29H50N2OS2/c1-10-31(11-2)17-16-30-27(32)21(3)33-25-14-12-13-15-26(25)34-24-19-22(28(4,5)6)18-23(20-24)29(7,8)9/h18-21,25-26H,10-17H2,1-9H3,(H,30,32). The second kappa shape index (κ2) is 13.1. The molecule has 0 aliphatic heterocycles. The number of hydrogen-bond acceptors (Lipinski definition) is 4. The topological polar surface area (TPSA) is 32.3 Å². The Morgan fingerprint density at radius 1 is 0.971 bits per heavy atom. The van der Waals surface area contributed by atoms with Gasteiger partial charge >= 0.3 is 0 Å². The molecule has 3 unspecified atom stereocenters. The van der Waals surface area contributed by atoms with Crippen LogP contribution in [0.25, 0.3) is 0 Å². The Balaban J connectivity index is 2.08. The fourth-order valence-corrected chi connectivity index (χ4v) is 7.42. The van der Waals surface area contributed by atoms with E-state index in [0.717, 1.165) is 26.2 Å². The highest BCUT2D eigenvalue weighted by Gasteiger charge is 2.30. The zero-order chi connectivity index (χ0) is 25.5. The van der Waals surface area contributed by atoms with Gasteiger partial charge in [-0.15, -0.1) is 23.5 Å². The van der Waals surface area contributed by atoms with Gasteiger partial charge in [0.2, 0.25) is 5.91 Å². The molecule has 1 fully saturated rings. The van der Waals surface area contributed by atoms with Gasteiger partial charge in [0.15, 0.2) is 0 Å². The van der Waals surface area contributed by atoms with E-state index in [1.54, 1.807) is 0 Å². The molecule has 1 aliphatic rings. The van der Waals surface area contributed by atoms with Crippen molar-refractivity contribution in [1.82, 2.24) is 10.2 Å². The van der Waals surface area contributed by atoms with Gasteiger partial charge in [0.25, 0.3) is 0 Å². The molecule has 1 aliphatic carbocycles. The van der Waals surface area contributed by atoms with Crippen molar-refractivity contribution in [2.24, 2.45) is 0 Å². The number of benzene rings is 1. The van der Waals surface area contributed by atoms with Gasteiger partial charge < -0.3 is 10.2 Å². The summed E-state index contributed by atoms with van der Waals surface area (Å²) in [6.07, 6.45) is 5.03. The van der Waals surface area contributed by atoms with Crippen molar-refractivity contribution in [2.45, 2.75) is 119 Å². The Bertz CT molecular complexity index is 745. The van der Waals surface area contributed by atoms with Crippen LogP contribution in [-0.2, 0) is 15.6 Å². The first-order valence-corrected chi connectivity index (χ1v) is 15.2. The molecule has 3 atom stereocenters. The monoisotopic (exact) mass is 506 g/mol. The zero-order valence-electron chi connectivity index (χ0n) is 23.3. The lowest BCUT2D eigenvalue weighted by atomic mass is 9.81. The van der Waals surface area contributed by atoms with Crippen molar-refractivity contribution < 1.29 is 4.79 Å². The van der Waals surface area contributed by atoms with Crippen LogP contribution in [0.2, 0.25) is 0 Å². The van der Waals surface area contributed by atoms with E-state index in [1.807, 2.05) is 11.8 Å². The second-order valence-electron chi connectivity index (χ2n) is 11.8. The number of amides is 1. The van der Waals surface area contributed by atoms with Crippen LogP contribution >= 0.6 is 23.5 Å². The first-order chi connectivity index (χ1) is 15.8. The molecule has 0 heterocycles. The van der Waals surface area contributed by atoms with Crippen LogP contribution in [0.5, 0.6) is 0 Å². The molecule has 0 bridgehead atoms. The average molecular weight is 507 g/mol. The van der Waals surface area contributed by atoms with Gasteiger partial charge in [-0.25, -0.2) is 0 Å². The molecule has 0 spiro atoms. The Kier molecular flexibility index (Phi) is 11.4. The summed E-state index contributed by atoms with van der Waals surface area (Å²) in [5.41, 5.74) is 3.11. The highest BCUT2D eigenvalue weighted by atomic mass is 32.2. The lowest BCUT2D eigenvalue weighted by Gasteiger charge is -2.33. The second-order valence-corrected chi connectivity index (χ2v) is 14.7. The lowest BCUT2D eigenvalue weighted by Crippen LogP contribution is -2.39. The number of carbonyl (C=O) groups excluding carboxylic acids is 1. The van der Waals surface area contributed by atoms with Gasteiger partial charge in [0.1, 0.15) is 0 Å². The van der Waals surface area contributed by atoms with Crippen molar-refractivity contribution in [3.63, 3.8) is 0 Å². The Morgan fingerprint density at radius 2 is 1.50 bits per heavy atom. The maximum Gasteiger partial charge on any atom is 0.232 e. The van der Waals surface area contributed by atoms with Crippen LogP contribution < -0.4 is 5.32 Å². The number of thioether (sulfide) groups is 2. The SMILES string of the molecule is CCN(CC)CCNC(=O)C(C)SC1CCCCC1Sc1cc(C(C)(C)C)cc(C(C)(C)C)c1.